The van der Waals surface area contributed by atoms with Crippen LogP contribution < -0.4 is 0 Å². The number of ether oxygens (including phenoxy) is 2. The van der Waals surface area contributed by atoms with Gasteiger partial charge < -0.3 is 14.4 Å². The number of hydrogen-bond donors (Lipinski definition) is 0. The van der Waals surface area contributed by atoms with Crippen LogP contribution >= 0.6 is 11.6 Å². The lowest BCUT2D eigenvalue weighted by Crippen LogP contribution is -2.51. The monoisotopic (exact) mass is 681 g/mol. The first-order valence-electron chi connectivity index (χ1n) is 17.2. The molecule has 1 unspecified atom stereocenters. The number of Topliss-reactive ketones (excluding diaryl/α,β-unsaturated/α-hetero) is 1. The van der Waals surface area contributed by atoms with Gasteiger partial charge in [0, 0.05) is 50.3 Å². The van der Waals surface area contributed by atoms with Gasteiger partial charge in [0.25, 0.3) is 0 Å². The van der Waals surface area contributed by atoms with Gasteiger partial charge in [-0.15, -0.1) is 0 Å². The molecule has 2 aliphatic rings. The second-order valence-electron chi connectivity index (χ2n) is 15.2. The fraction of sp³-hybridized carbons (Fsp3) is 0.605. The lowest BCUT2D eigenvalue weighted by Gasteiger charge is -2.32. The standard InChI is InChI=1S/C38H52ClN3O6/c1-37(2,3)47-34(44)19-17-31(33(43)18-15-29-14-13-28(39)24-40-29)41-21-20-30(16-12-26-10-8-7-9-11-26)42-25-27(22-32(42)36(41)46)23-35(45)48-38(4,5)6/h7-11,13-14,24,27,30-32H,12,15-23,25H2,1-6H3/t27-,30?,31+,32-/m0/s1. The van der Waals surface area contributed by atoms with E-state index in [1.807, 2.05) is 59.7 Å². The molecule has 9 nitrogen and oxygen atoms in total. The number of carbonyl (C=O) groups excluding carboxylic acids is 4. The van der Waals surface area contributed by atoms with Crippen molar-refractivity contribution < 1.29 is 28.7 Å². The molecular formula is C38H52ClN3O6. The lowest BCUT2D eigenvalue weighted by molar-refractivity contribution is -0.156. The fourth-order valence-corrected chi connectivity index (χ4v) is 6.94. The molecule has 4 rings (SSSR count). The molecule has 2 aromatic rings. The maximum atomic E-state index is 14.5. The quantitative estimate of drug-likeness (QED) is 0.224. The summed E-state index contributed by atoms with van der Waals surface area (Å²) in [5.74, 6) is -0.934. The zero-order valence-corrected chi connectivity index (χ0v) is 30.1. The number of nitrogens with zero attached hydrogens (tertiary/aromatic N) is 3. The van der Waals surface area contributed by atoms with E-state index in [-0.39, 0.29) is 55.3 Å². The summed E-state index contributed by atoms with van der Waals surface area (Å²) in [5.41, 5.74) is 0.712. The first kappa shape index (κ1) is 37.5. The third kappa shape index (κ3) is 11.4. The summed E-state index contributed by atoms with van der Waals surface area (Å²) in [5, 5.41) is 0.517. The zero-order valence-electron chi connectivity index (χ0n) is 29.4. The van der Waals surface area contributed by atoms with Gasteiger partial charge in [0.05, 0.1) is 17.1 Å². The molecule has 2 saturated heterocycles. The molecule has 0 saturated carbocycles. The number of amides is 1. The second kappa shape index (κ2) is 16.4. The van der Waals surface area contributed by atoms with Crippen LogP contribution in [0.15, 0.2) is 48.7 Å². The Kier molecular flexibility index (Phi) is 12.8. The van der Waals surface area contributed by atoms with Crippen molar-refractivity contribution in [3.63, 3.8) is 0 Å². The van der Waals surface area contributed by atoms with Gasteiger partial charge in [0.15, 0.2) is 5.78 Å². The van der Waals surface area contributed by atoms with Gasteiger partial charge in [-0.05, 0) is 104 Å². The maximum Gasteiger partial charge on any atom is 0.306 e. The van der Waals surface area contributed by atoms with E-state index in [0.29, 0.717) is 37.4 Å². The summed E-state index contributed by atoms with van der Waals surface area (Å²) in [6.07, 6.45) is 5.45. The van der Waals surface area contributed by atoms with Gasteiger partial charge in [-0.3, -0.25) is 29.1 Å². The summed E-state index contributed by atoms with van der Waals surface area (Å²) in [7, 11) is 0. The maximum absolute atomic E-state index is 14.5. The molecular weight excluding hydrogens is 630 g/mol. The van der Waals surface area contributed by atoms with E-state index in [4.69, 9.17) is 21.1 Å². The molecule has 0 spiro atoms. The average Bonchev–Trinajstić information content (AvgIpc) is 3.36. The molecule has 0 bridgehead atoms. The number of carbonyl (C=O) groups is 4. The summed E-state index contributed by atoms with van der Waals surface area (Å²) in [6.45, 7) is 12.0. The predicted molar refractivity (Wildman–Crippen MR) is 185 cm³/mol. The minimum absolute atomic E-state index is 0.0176. The number of esters is 2. The third-order valence-corrected chi connectivity index (χ3v) is 9.08. The Morgan fingerprint density at radius 3 is 2.27 bits per heavy atom. The molecule has 48 heavy (non-hydrogen) atoms. The van der Waals surface area contributed by atoms with E-state index in [0.717, 1.165) is 18.5 Å². The molecule has 1 aromatic carbocycles. The predicted octanol–water partition coefficient (Wildman–Crippen LogP) is 6.38. The Morgan fingerprint density at radius 2 is 1.62 bits per heavy atom. The number of aryl methyl sites for hydroxylation is 2. The van der Waals surface area contributed by atoms with Crippen molar-refractivity contribution in [3.05, 3.63) is 64.9 Å². The van der Waals surface area contributed by atoms with E-state index in [2.05, 4.69) is 22.0 Å². The highest BCUT2D eigenvalue weighted by Gasteiger charge is 2.47. The largest absolute Gasteiger partial charge is 0.460 e. The Hall–Kier alpha value is -3.30. The fourth-order valence-electron chi connectivity index (χ4n) is 6.83. The highest BCUT2D eigenvalue weighted by atomic mass is 35.5. The molecule has 0 aliphatic carbocycles. The topological polar surface area (TPSA) is 106 Å². The van der Waals surface area contributed by atoms with Crippen molar-refractivity contribution in [2.75, 3.05) is 13.1 Å². The summed E-state index contributed by atoms with van der Waals surface area (Å²) < 4.78 is 11.2. The molecule has 10 heteroatoms. The van der Waals surface area contributed by atoms with Crippen LogP contribution in [-0.4, -0.2) is 80.8 Å². The van der Waals surface area contributed by atoms with Gasteiger partial charge in [-0.1, -0.05) is 41.9 Å². The highest BCUT2D eigenvalue weighted by Crippen LogP contribution is 2.35. The molecule has 4 atom stereocenters. The first-order valence-corrected chi connectivity index (χ1v) is 17.6. The van der Waals surface area contributed by atoms with Crippen LogP contribution in [0.1, 0.15) is 97.7 Å². The van der Waals surface area contributed by atoms with E-state index in [1.54, 1.807) is 23.2 Å². The first-order chi connectivity index (χ1) is 22.6. The number of benzene rings is 1. The minimum Gasteiger partial charge on any atom is -0.460 e. The molecule has 3 heterocycles. The Bertz CT molecular complexity index is 1400. The Labute approximate surface area is 290 Å². The zero-order chi connectivity index (χ0) is 35.1. The van der Waals surface area contributed by atoms with Crippen LogP contribution in [0.3, 0.4) is 0 Å². The van der Waals surface area contributed by atoms with E-state index in [9.17, 15) is 19.2 Å². The molecule has 2 aliphatic heterocycles. The Morgan fingerprint density at radius 1 is 0.938 bits per heavy atom. The van der Waals surface area contributed by atoms with Crippen LogP contribution in [0.4, 0.5) is 0 Å². The normalized spacial score (nSPS) is 20.9. The second-order valence-corrected chi connectivity index (χ2v) is 15.6. The average molecular weight is 682 g/mol. The van der Waals surface area contributed by atoms with Crippen molar-refractivity contribution in [2.45, 2.75) is 129 Å². The van der Waals surface area contributed by atoms with Crippen LogP contribution in [-0.2, 0) is 41.5 Å². The molecule has 0 N–H and O–H groups in total. The smallest absolute Gasteiger partial charge is 0.306 e. The minimum atomic E-state index is -0.781. The molecule has 0 radical (unpaired) electrons. The van der Waals surface area contributed by atoms with Crippen molar-refractivity contribution in [2.24, 2.45) is 5.92 Å². The number of rotatable bonds is 13. The molecule has 262 valence electrons. The van der Waals surface area contributed by atoms with Gasteiger partial charge in [-0.2, -0.15) is 0 Å². The summed E-state index contributed by atoms with van der Waals surface area (Å²) >= 11 is 6.01. The van der Waals surface area contributed by atoms with Crippen molar-refractivity contribution in [1.82, 2.24) is 14.8 Å². The number of pyridine rings is 1. The third-order valence-electron chi connectivity index (χ3n) is 8.86. The van der Waals surface area contributed by atoms with Crippen LogP contribution in [0.2, 0.25) is 5.02 Å². The van der Waals surface area contributed by atoms with Gasteiger partial charge in [0.1, 0.15) is 11.2 Å². The molecule has 1 amide bonds. The summed E-state index contributed by atoms with van der Waals surface area (Å²) in [6, 6.07) is 12.7. The molecule has 2 fully saturated rings. The van der Waals surface area contributed by atoms with Gasteiger partial charge in [-0.25, -0.2) is 0 Å². The van der Waals surface area contributed by atoms with Crippen molar-refractivity contribution >= 4 is 35.2 Å². The highest BCUT2D eigenvalue weighted by molar-refractivity contribution is 6.30. The van der Waals surface area contributed by atoms with Gasteiger partial charge in [0.2, 0.25) is 5.91 Å². The van der Waals surface area contributed by atoms with E-state index in [1.165, 1.54) is 5.56 Å². The van der Waals surface area contributed by atoms with Crippen molar-refractivity contribution in [1.29, 1.82) is 0 Å². The number of fused-ring (bicyclic) bond motifs is 1. The lowest BCUT2D eigenvalue weighted by atomic mass is 9.97. The number of halogens is 1. The number of ketones is 1. The van der Waals surface area contributed by atoms with Crippen LogP contribution in [0, 0.1) is 5.92 Å². The van der Waals surface area contributed by atoms with Crippen LogP contribution in [0.5, 0.6) is 0 Å². The number of aromatic nitrogens is 1. The SMILES string of the molecule is CC(C)(C)OC(=O)CC[C@H](C(=O)CCc1ccc(Cl)cn1)N1CCC(CCc2ccccc2)N2C[C@H](CC(=O)OC(C)(C)C)C[C@H]2C1=O. The van der Waals surface area contributed by atoms with E-state index >= 15 is 0 Å². The molecule has 1 aromatic heterocycles. The van der Waals surface area contributed by atoms with Crippen molar-refractivity contribution in [3.8, 4) is 0 Å². The summed E-state index contributed by atoms with van der Waals surface area (Å²) in [4.78, 5) is 62.5. The number of hydrogen-bond acceptors (Lipinski definition) is 8. The van der Waals surface area contributed by atoms with Gasteiger partial charge >= 0.3 is 11.9 Å². The van der Waals surface area contributed by atoms with Crippen LogP contribution in [0.25, 0.3) is 0 Å². The van der Waals surface area contributed by atoms with E-state index < -0.39 is 29.3 Å². The Balaban J connectivity index is 1.57.